The lowest BCUT2D eigenvalue weighted by Crippen LogP contribution is -2.42. The number of carbonyl (C=O) groups excluding carboxylic acids is 1. The Morgan fingerprint density at radius 2 is 2.19 bits per heavy atom. The molecule has 0 N–H and O–H groups in total. The molecule has 1 aromatic carbocycles. The van der Waals surface area contributed by atoms with Crippen LogP contribution in [0, 0.1) is 0 Å². The molecule has 0 bridgehead atoms. The van der Waals surface area contributed by atoms with Gasteiger partial charge in [0.2, 0.25) is 0 Å². The van der Waals surface area contributed by atoms with Gasteiger partial charge in [-0.15, -0.1) is 0 Å². The standard InChI is InChI=1S/C12H15NO3/c1-13(11-7-8-16-11)10-6-4-3-5-9(10)12(14)15-2/h3-6,11H,7-8H2,1-2H3. The van der Waals surface area contributed by atoms with Crippen LogP contribution in [0.4, 0.5) is 5.69 Å². The number of hydrogen-bond donors (Lipinski definition) is 0. The number of hydrogen-bond acceptors (Lipinski definition) is 4. The van der Waals surface area contributed by atoms with E-state index in [-0.39, 0.29) is 12.2 Å². The third-order valence-electron chi connectivity index (χ3n) is 2.80. The minimum atomic E-state index is -0.318. The molecule has 1 aliphatic heterocycles. The monoisotopic (exact) mass is 221 g/mol. The van der Waals surface area contributed by atoms with Gasteiger partial charge in [0.1, 0.15) is 6.23 Å². The van der Waals surface area contributed by atoms with Crippen molar-refractivity contribution in [3.63, 3.8) is 0 Å². The molecule has 0 aromatic heterocycles. The third-order valence-corrected chi connectivity index (χ3v) is 2.80. The first-order valence-corrected chi connectivity index (χ1v) is 5.26. The van der Waals surface area contributed by atoms with Gasteiger partial charge in [-0.3, -0.25) is 0 Å². The molecular formula is C12H15NO3. The van der Waals surface area contributed by atoms with Crippen molar-refractivity contribution in [3.05, 3.63) is 29.8 Å². The molecule has 16 heavy (non-hydrogen) atoms. The summed E-state index contributed by atoms with van der Waals surface area (Å²) in [7, 11) is 3.31. The second-order valence-electron chi connectivity index (χ2n) is 3.73. The molecule has 1 saturated heterocycles. The van der Waals surface area contributed by atoms with Gasteiger partial charge in [0.15, 0.2) is 0 Å². The van der Waals surface area contributed by atoms with E-state index in [4.69, 9.17) is 9.47 Å². The Hall–Kier alpha value is -1.55. The Morgan fingerprint density at radius 3 is 2.75 bits per heavy atom. The minimum Gasteiger partial charge on any atom is -0.465 e. The van der Waals surface area contributed by atoms with Crippen molar-refractivity contribution in [1.29, 1.82) is 0 Å². The van der Waals surface area contributed by atoms with Crippen molar-refractivity contribution in [1.82, 2.24) is 0 Å². The molecule has 0 aliphatic carbocycles. The zero-order valence-electron chi connectivity index (χ0n) is 9.47. The van der Waals surface area contributed by atoms with Crippen molar-refractivity contribution in [2.75, 3.05) is 25.7 Å². The van der Waals surface area contributed by atoms with E-state index in [0.29, 0.717) is 5.56 Å². The van der Waals surface area contributed by atoms with Gasteiger partial charge >= 0.3 is 5.97 Å². The second kappa shape index (κ2) is 4.53. The lowest BCUT2D eigenvalue weighted by Gasteiger charge is -2.36. The predicted molar refractivity (Wildman–Crippen MR) is 60.5 cm³/mol. The van der Waals surface area contributed by atoms with Crippen LogP contribution in [0.25, 0.3) is 0 Å². The van der Waals surface area contributed by atoms with E-state index in [1.165, 1.54) is 7.11 Å². The van der Waals surface area contributed by atoms with Crippen LogP contribution in [0.1, 0.15) is 16.8 Å². The second-order valence-corrected chi connectivity index (χ2v) is 3.73. The number of nitrogens with zero attached hydrogens (tertiary/aromatic N) is 1. The number of ether oxygens (including phenoxy) is 2. The van der Waals surface area contributed by atoms with E-state index in [9.17, 15) is 4.79 Å². The summed E-state index contributed by atoms with van der Waals surface area (Å²) < 4.78 is 10.1. The number of anilines is 1. The average molecular weight is 221 g/mol. The van der Waals surface area contributed by atoms with Gasteiger partial charge in [-0.1, -0.05) is 12.1 Å². The van der Waals surface area contributed by atoms with Crippen molar-refractivity contribution in [3.8, 4) is 0 Å². The summed E-state index contributed by atoms with van der Waals surface area (Å²) in [6, 6.07) is 7.38. The van der Waals surface area contributed by atoms with Gasteiger partial charge in [-0.2, -0.15) is 0 Å². The van der Waals surface area contributed by atoms with Crippen molar-refractivity contribution in [2.24, 2.45) is 0 Å². The van der Waals surface area contributed by atoms with E-state index >= 15 is 0 Å². The molecule has 86 valence electrons. The number of esters is 1. The van der Waals surface area contributed by atoms with Gasteiger partial charge in [0.05, 0.1) is 25.0 Å². The molecule has 1 aliphatic rings. The first-order chi connectivity index (χ1) is 7.74. The number of benzene rings is 1. The molecule has 0 spiro atoms. The minimum absolute atomic E-state index is 0.0748. The molecule has 1 heterocycles. The van der Waals surface area contributed by atoms with E-state index in [1.54, 1.807) is 6.07 Å². The molecular weight excluding hydrogens is 206 g/mol. The lowest BCUT2D eigenvalue weighted by molar-refractivity contribution is -0.0483. The number of para-hydroxylation sites is 1. The summed E-state index contributed by atoms with van der Waals surface area (Å²) >= 11 is 0. The van der Waals surface area contributed by atoms with Crippen LogP contribution in [0.2, 0.25) is 0 Å². The third kappa shape index (κ3) is 1.88. The Bertz CT molecular complexity index is 388. The zero-order chi connectivity index (χ0) is 11.5. The highest BCUT2D eigenvalue weighted by atomic mass is 16.5. The van der Waals surface area contributed by atoms with Gasteiger partial charge in [0.25, 0.3) is 0 Å². The van der Waals surface area contributed by atoms with Gasteiger partial charge in [-0.25, -0.2) is 4.79 Å². The van der Waals surface area contributed by atoms with E-state index < -0.39 is 0 Å². The Morgan fingerprint density at radius 1 is 1.50 bits per heavy atom. The zero-order valence-corrected chi connectivity index (χ0v) is 9.47. The number of carbonyl (C=O) groups is 1. The highest BCUT2D eigenvalue weighted by Gasteiger charge is 2.25. The van der Waals surface area contributed by atoms with Crippen LogP contribution in [-0.2, 0) is 9.47 Å². The molecule has 4 heteroatoms. The topological polar surface area (TPSA) is 38.8 Å². The highest BCUT2D eigenvalue weighted by Crippen LogP contribution is 2.26. The first-order valence-electron chi connectivity index (χ1n) is 5.26. The largest absolute Gasteiger partial charge is 0.465 e. The average Bonchev–Trinajstić information content (AvgIpc) is 2.25. The summed E-state index contributed by atoms with van der Waals surface area (Å²) in [5.41, 5.74) is 1.42. The molecule has 1 unspecified atom stereocenters. The Balaban J connectivity index is 2.27. The Kier molecular flexibility index (Phi) is 3.10. The van der Waals surface area contributed by atoms with Crippen LogP contribution in [-0.4, -0.2) is 33.0 Å². The molecule has 1 aromatic rings. The summed E-state index contributed by atoms with van der Waals surface area (Å²) in [4.78, 5) is 13.5. The fraction of sp³-hybridized carbons (Fsp3) is 0.417. The van der Waals surface area contributed by atoms with Crippen molar-refractivity contribution < 1.29 is 14.3 Å². The molecule has 0 radical (unpaired) electrons. The van der Waals surface area contributed by atoms with E-state index in [1.807, 2.05) is 30.1 Å². The van der Waals surface area contributed by atoms with Crippen LogP contribution < -0.4 is 4.90 Å². The van der Waals surface area contributed by atoms with E-state index in [0.717, 1.165) is 18.7 Å². The predicted octanol–water partition coefficient (Wildman–Crippen LogP) is 1.66. The van der Waals surface area contributed by atoms with Crippen molar-refractivity contribution >= 4 is 11.7 Å². The highest BCUT2D eigenvalue weighted by molar-refractivity contribution is 5.95. The van der Waals surface area contributed by atoms with Crippen LogP contribution in [0.15, 0.2) is 24.3 Å². The quantitative estimate of drug-likeness (QED) is 0.727. The normalized spacial score (nSPS) is 18.8. The summed E-state index contributed by atoms with van der Waals surface area (Å²) in [5, 5.41) is 0. The van der Waals surface area contributed by atoms with Crippen LogP contribution in [0.5, 0.6) is 0 Å². The Labute approximate surface area is 94.8 Å². The summed E-state index contributed by atoms with van der Waals surface area (Å²) in [5.74, 6) is -0.318. The lowest BCUT2D eigenvalue weighted by atomic mass is 10.1. The maximum atomic E-state index is 11.6. The summed E-state index contributed by atoms with van der Waals surface area (Å²) in [6.07, 6.45) is 1.07. The summed E-state index contributed by atoms with van der Waals surface area (Å²) in [6.45, 7) is 0.787. The van der Waals surface area contributed by atoms with Gasteiger partial charge in [-0.05, 0) is 12.1 Å². The maximum absolute atomic E-state index is 11.6. The molecule has 0 amide bonds. The molecule has 4 nitrogen and oxygen atoms in total. The van der Waals surface area contributed by atoms with Crippen LogP contribution in [0.3, 0.4) is 0 Å². The first kappa shape index (κ1) is 11.0. The molecule has 2 rings (SSSR count). The smallest absolute Gasteiger partial charge is 0.339 e. The molecule has 1 fully saturated rings. The van der Waals surface area contributed by atoms with Gasteiger partial charge in [0, 0.05) is 13.5 Å². The fourth-order valence-corrected chi connectivity index (χ4v) is 1.75. The SMILES string of the molecule is COC(=O)c1ccccc1N(C)C1CCO1. The number of rotatable bonds is 3. The number of methoxy groups -OCH3 is 1. The van der Waals surface area contributed by atoms with Crippen LogP contribution >= 0.6 is 0 Å². The molecule has 0 saturated carbocycles. The van der Waals surface area contributed by atoms with Crippen molar-refractivity contribution in [2.45, 2.75) is 12.6 Å². The van der Waals surface area contributed by atoms with Gasteiger partial charge < -0.3 is 14.4 Å². The fourth-order valence-electron chi connectivity index (χ4n) is 1.75. The van der Waals surface area contributed by atoms with E-state index in [2.05, 4.69) is 0 Å². The molecule has 1 atom stereocenters. The maximum Gasteiger partial charge on any atom is 0.339 e.